The zero-order valence-electron chi connectivity index (χ0n) is 4.23. The van der Waals surface area contributed by atoms with E-state index >= 15 is 0 Å². The molecule has 0 aliphatic rings. The minimum atomic E-state index is 0.351. The van der Waals surface area contributed by atoms with Crippen LogP contribution in [0.5, 0.6) is 0 Å². The summed E-state index contributed by atoms with van der Waals surface area (Å²) in [5.74, 6) is 0. The van der Waals surface area contributed by atoms with Crippen molar-refractivity contribution in [2.24, 2.45) is 0 Å². The molecule has 4 heteroatoms. The van der Waals surface area contributed by atoms with E-state index in [1.165, 1.54) is 0 Å². The van der Waals surface area contributed by atoms with Gasteiger partial charge in [-0.25, -0.2) is 0 Å². The number of aryl methyl sites for hydroxylation is 1. The molecule has 1 aromatic heterocycles. The van der Waals surface area contributed by atoms with Gasteiger partial charge >= 0.3 is 0 Å². The third-order valence-electron chi connectivity index (χ3n) is 0.791. The summed E-state index contributed by atoms with van der Waals surface area (Å²) in [5.41, 5.74) is 7.82. The van der Waals surface area contributed by atoms with Crippen molar-refractivity contribution in [3.8, 4) is 0 Å². The van der Waals surface area contributed by atoms with Crippen LogP contribution < -0.4 is 0 Å². The van der Waals surface area contributed by atoms with Crippen LogP contribution in [0.3, 0.4) is 0 Å². The highest BCUT2D eigenvalue weighted by Gasteiger charge is 1.95. The lowest BCUT2D eigenvalue weighted by atomic mass is 10.5. The van der Waals surface area contributed by atoms with Gasteiger partial charge in [0.15, 0.2) is 0 Å². The molecule has 0 fully saturated rings. The van der Waals surface area contributed by atoms with Gasteiger partial charge in [-0.3, -0.25) is 0 Å². The van der Waals surface area contributed by atoms with Crippen LogP contribution in [0.4, 0.5) is 5.00 Å². The fourth-order valence-electron chi connectivity index (χ4n) is 0.359. The van der Waals surface area contributed by atoms with E-state index in [0.29, 0.717) is 10.0 Å². The van der Waals surface area contributed by atoms with Gasteiger partial charge in [0.05, 0.1) is 10.7 Å². The van der Waals surface area contributed by atoms with Crippen molar-refractivity contribution < 1.29 is 0 Å². The molecule has 0 radical (unpaired) electrons. The molecule has 44 valence electrons. The van der Waals surface area contributed by atoms with E-state index in [2.05, 4.69) is 4.37 Å². The highest BCUT2D eigenvalue weighted by atomic mass is 35.5. The topological polar surface area (TPSA) is 36.7 Å². The smallest absolute Gasteiger partial charge is 0.0684 e. The van der Waals surface area contributed by atoms with Crippen molar-refractivity contribution >= 4 is 28.1 Å². The minimum Gasteiger partial charge on any atom is -0.688 e. The van der Waals surface area contributed by atoms with Crippen molar-refractivity contribution in [3.63, 3.8) is 0 Å². The van der Waals surface area contributed by atoms with E-state index in [0.717, 1.165) is 17.2 Å². The molecule has 0 unspecified atom stereocenters. The lowest BCUT2D eigenvalue weighted by Gasteiger charge is -1.91. The van der Waals surface area contributed by atoms with Crippen LogP contribution in [0.2, 0.25) is 5.02 Å². The SMILES string of the molecule is Cc1nsc([NH-])c1Cl. The number of nitrogens with zero attached hydrogens (tertiary/aromatic N) is 1. The lowest BCUT2D eigenvalue weighted by Crippen LogP contribution is -1.63. The molecule has 1 aromatic rings. The molecule has 0 bridgehead atoms. The average molecular weight is 148 g/mol. The summed E-state index contributed by atoms with van der Waals surface area (Å²) in [5, 5.41) is 0.833. The average Bonchev–Trinajstić information content (AvgIpc) is 1.98. The molecule has 0 spiro atoms. The Labute approximate surface area is 56.4 Å². The van der Waals surface area contributed by atoms with Crippen LogP contribution in [0.1, 0.15) is 5.69 Å². The van der Waals surface area contributed by atoms with Crippen LogP contribution in [0.25, 0.3) is 5.73 Å². The Hall–Kier alpha value is -0.280. The Kier molecular flexibility index (Phi) is 1.40. The highest BCUT2D eigenvalue weighted by molar-refractivity contribution is 7.11. The number of rotatable bonds is 0. The second kappa shape index (κ2) is 1.91. The Morgan fingerprint density at radius 1 is 1.75 bits per heavy atom. The number of hydrogen-bond acceptors (Lipinski definition) is 2. The van der Waals surface area contributed by atoms with E-state index in [1.54, 1.807) is 6.92 Å². The van der Waals surface area contributed by atoms with Crippen LogP contribution in [-0.4, -0.2) is 4.37 Å². The van der Waals surface area contributed by atoms with Crippen molar-refractivity contribution in [1.82, 2.24) is 4.37 Å². The second-order valence-electron chi connectivity index (χ2n) is 1.41. The first kappa shape index (κ1) is 5.85. The van der Waals surface area contributed by atoms with E-state index in [-0.39, 0.29) is 0 Å². The van der Waals surface area contributed by atoms with E-state index in [1.807, 2.05) is 0 Å². The predicted molar refractivity (Wildman–Crippen MR) is 35.8 cm³/mol. The molecule has 0 amide bonds. The van der Waals surface area contributed by atoms with Crippen LogP contribution >= 0.6 is 23.1 Å². The molecule has 0 atom stereocenters. The summed E-state index contributed by atoms with van der Waals surface area (Å²) in [6.45, 7) is 1.79. The predicted octanol–water partition coefficient (Wildman–Crippen LogP) is 2.79. The number of halogens is 1. The number of nitrogens with one attached hydrogen (secondary N) is 1. The number of hydrogen-bond donors (Lipinski definition) is 0. The zero-order valence-corrected chi connectivity index (χ0v) is 5.81. The Morgan fingerprint density at radius 3 is 2.50 bits per heavy atom. The molecule has 0 aliphatic heterocycles. The van der Waals surface area contributed by atoms with Crippen molar-refractivity contribution in [1.29, 1.82) is 0 Å². The van der Waals surface area contributed by atoms with Crippen LogP contribution in [0.15, 0.2) is 0 Å². The third-order valence-corrected chi connectivity index (χ3v) is 2.12. The van der Waals surface area contributed by atoms with E-state index < -0.39 is 0 Å². The Balaban J connectivity index is 3.19. The van der Waals surface area contributed by atoms with Crippen molar-refractivity contribution in [2.75, 3.05) is 0 Å². The fraction of sp³-hybridized carbons (Fsp3) is 0.250. The van der Waals surface area contributed by atoms with Gasteiger partial charge in [-0.2, -0.15) is 4.37 Å². The molecule has 1 N–H and O–H groups in total. The summed E-state index contributed by atoms with van der Waals surface area (Å²) in [6.07, 6.45) is 0. The van der Waals surface area contributed by atoms with Crippen molar-refractivity contribution in [2.45, 2.75) is 6.92 Å². The van der Waals surface area contributed by atoms with Gasteiger partial charge in [-0.1, -0.05) is 23.1 Å². The molecule has 0 aliphatic carbocycles. The van der Waals surface area contributed by atoms with Gasteiger partial charge in [0.2, 0.25) is 0 Å². The first-order chi connectivity index (χ1) is 3.72. The van der Waals surface area contributed by atoms with E-state index in [9.17, 15) is 0 Å². The first-order valence-corrected chi connectivity index (χ1v) is 3.20. The molecule has 1 heterocycles. The third kappa shape index (κ3) is 0.788. The zero-order chi connectivity index (χ0) is 6.15. The molecule has 0 aromatic carbocycles. The fourth-order valence-corrected chi connectivity index (χ4v) is 1.10. The van der Waals surface area contributed by atoms with Gasteiger partial charge in [-0.05, 0) is 11.9 Å². The van der Waals surface area contributed by atoms with Crippen LogP contribution in [-0.2, 0) is 0 Å². The van der Waals surface area contributed by atoms with Gasteiger partial charge in [0, 0.05) is 0 Å². The van der Waals surface area contributed by atoms with Gasteiger partial charge < -0.3 is 5.73 Å². The first-order valence-electron chi connectivity index (χ1n) is 2.05. The summed E-state index contributed by atoms with van der Waals surface area (Å²) in [4.78, 5) is 0. The quantitative estimate of drug-likeness (QED) is 0.556. The minimum absolute atomic E-state index is 0.351. The molecule has 8 heavy (non-hydrogen) atoms. The second-order valence-corrected chi connectivity index (χ2v) is 2.56. The normalized spacial score (nSPS) is 9.75. The summed E-state index contributed by atoms with van der Waals surface area (Å²) in [6, 6.07) is 0. The summed E-state index contributed by atoms with van der Waals surface area (Å²) < 4.78 is 3.84. The van der Waals surface area contributed by atoms with Crippen molar-refractivity contribution in [3.05, 3.63) is 16.5 Å². The Morgan fingerprint density at radius 2 is 2.38 bits per heavy atom. The van der Waals surface area contributed by atoms with Crippen LogP contribution in [0, 0.1) is 6.92 Å². The molecular weight excluding hydrogens is 144 g/mol. The maximum absolute atomic E-state index is 7.06. The largest absolute Gasteiger partial charge is 0.688 e. The summed E-state index contributed by atoms with van der Waals surface area (Å²) >= 11 is 6.67. The standard InChI is InChI=1S/C4H4ClN2S/c1-2-3(5)4(6)8-7-2/h6H,1H3/q-1. The molecule has 2 nitrogen and oxygen atoms in total. The lowest BCUT2D eigenvalue weighted by molar-refractivity contribution is 1.35. The Bertz CT molecular complexity index is 176. The number of aromatic nitrogens is 1. The monoisotopic (exact) mass is 147 g/mol. The van der Waals surface area contributed by atoms with Gasteiger partial charge in [0.25, 0.3) is 0 Å². The molecular formula is C4H4ClN2S-. The van der Waals surface area contributed by atoms with Gasteiger partial charge in [-0.15, -0.1) is 0 Å². The summed E-state index contributed by atoms with van der Waals surface area (Å²) in [7, 11) is 0. The molecule has 0 saturated carbocycles. The van der Waals surface area contributed by atoms with Gasteiger partial charge in [0.1, 0.15) is 0 Å². The molecule has 1 rings (SSSR count). The highest BCUT2D eigenvalue weighted by Crippen LogP contribution is 2.30. The molecule has 0 saturated heterocycles. The van der Waals surface area contributed by atoms with E-state index in [4.69, 9.17) is 17.3 Å². The maximum atomic E-state index is 7.06. The maximum Gasteiger partial charge on any atom is 0.0684 e.